The van der Waals surface area contributed by atoms with Crippen LogP contribution in [0.25, 0.3) is 17.0 Å². The summed E-state index contributed by atoms with van der Waals surface area (Å²) in [4.78, 5) is 30.2. The molecule has 2 aliphatic rings. The van der Waals surface area contributed by atoms with Crippen LogP contribution in [0.2, 0.25) is 0 Å². The lowest BCUT2D eigenvalue weighted by Crippen LogP contribution is -2.45. The minimum absolute atomic E-state index is 0.224. The number of benzene rings is 2. The molecule has 1 aromatic heterocycles. The fourth-order valence-corrected chi connectivity index (χ4v) is 4.94. The van der Waals surface area contributed by atoms with Crippen molar-refractivity contribution in [2.45, 2.75) is 13.0 Å². The van der Waals surface area contributed by atoms with E-state index in [1.54, 1.807) is 31.4 Å². The fraction of sp³-hybridized carbons (Fsp3) is 0.379. The second-order valence-corrected chi connectivity index (χ2v) is 9.98. The second-order valence-electron chi connectivity index (χ2n) is 9.98. The summed E-state index contributed by atoms with van der Waals surface area (Å²) in [6, 6.07) is 10.7. The van der Waals surface area contributed by atoms with Gasteiger partial charge in [-0.1, -0.05) is 0 Å². The van der Waals surface area contributed by atoms with Crippen molar-refractivity contribution >= 4 is 34.5 Å². The molecule has 4 N–H and O–H groups in total. The van der Waals surface area contributed by atoms with Crippen LogP contribution in [0.15, 0.2) is 48.4 Å². The Labute approximate surface area is 228 Å². The lowest BCUT2D eigenvalue weighted by Gasteiger charge is -2.32. The number of nitrogens with one attached hydrogen (secondary N) is 2. The molecule has 2 amide bonds. The first-order valence-electron chi connectivity index (χ1n) is 13.4. The molecule has 1 fully saturated rings. The first-order chi connectivity index (χ1) is 18.9. The van der Waals surface area contributed by atoms with Gasteiger partial charge in [-0.05, 0) is 62.5 Å². The van der Waals surface area contributed by atoms with Gasteiger partial charge in [-0.3, -0.25) is 9.69 Å². The number of aromatic nitrogens is 1. The van der Waals surface area contributed by atoms with Crippen LogP contribution in [-0.2, 0) is 6.54 Å². The molecule has 0 unspecified atom stereocenters. The number of rotatable bonds is 9. The molecule has 3 aromatic rings. The molecule has 0 bridgehead atoms. The monoisotopic (exact) mass is 532 g/mol. The van der Waals surface area contributed by atoms with E-state index in [2.05, 4.69) is 44.3 Å². The minimum atomic E-state index is -0.344. The van der Waals surface area contributed by atoms with Crippen molar-refractivity contribution in [1.29, 1.82) is 0 Å². The van der Waals surface area contributed by atoms with Gasteiger partial charge in [-0.15, -0.1) is 0 Å². The number of amides is 2. The number of hydrogen-bond acceptors (Lipinski definition) is 7. The number of carbonyl (C=O) groups is 2. The fourth-order valence-electron chi connectivity index (χ4n) is 4.94. The SMILES string of the molecule is COc1ccc2c(c1)c(C=C1Oc3ccc(NC(=O)NCCCN)cc3C1=O)cn2CCN1CCN(C)CC1. The molecule has 10 heteroatoms. The summed E-state index contributed by atoms with van der Waals surface area (Å²) < 4.78 is 13.7. The number of anilines is 1. The van der Waals surface area contributed by atoms with E-state index in [9.17, 15) is 9.59 Å². The summed E-state index contributed by atoms with van der Waals surface area (Å²) in [5, 5.41) is 6.49. The van der Waals surface area contributed by atoms with Gasteiger partial charge in [0.25, 0.3) is 0 Å². The van der Waals surface area contributed by atoms with Gasteiger partial charge < -0.3 is 35.3 Å². The standard InChI is InChI=1S/C29H36N6O4/c1-33-10-12-34(13-11-33)14-15-35-19-20(23-18-22(38-2)5-6-25(23)35)16-27-28(36)24-17-21(4-7-26(24)39-27)32-29(37)31-9-3-8-30/h4-7,16-19H,3,8-15,30H2,1-2H3,(H2,31,32,37). The molecule has 10 nitrogen and oxygen atoms in total. The Bertz CT molecular complexity index is 1390. The number of carbonyl (C=O) groups excluding carboxylic acids is 2. The molecule has 2 aliphatic heterocycles. The van der Waals surface area contributed by atoms with Gasteiger partial charge in [0.05, 0.1) is 12.7 Å². The first-order valence-corrected chi connectivity index (χ1v) is 13.4. The predicted octanol–water partition coefficient (Wildman–Crippen LogP) is 2.98. The van der Waals surface area contributed by atoms with E-state index in [0.29, 0.717) is 36.5 Å². The van der Waals surface area contributed by atoms with E-state index in [1.165, 1.54) is 0 Å². The smallest absolute Gasteiger partial charge is 0.319 e. The summed E-state index contributed by atoms with van der Waals surface area (Å²) in [6.07, 6.45) is 4.56. The first kappa shape index (κ1) is 26.7. The van der Waals surface area contributed by atoms with Crippen LogP contribution < -0.4 is 25.8 Å². The van der Waals surface area contributed by atoms with Crippen LogP contribution in [-0.4, -0.2) is 86.2 Å². The van der Waals surface area contributed by atoms with E-state index in [1.807, 2.05) is 12.1 Å². The van der Waals surface area contributed by atoms with Crippen molar-refractivity contribution < 1.29 is 19.1 Å². The highest BCUT2D eigenvalue weighted by molar-refractivity contribution is 6.15. The summed E-state index contributed by atoms with van der Waals surface area (Å²) in [5.74, 6) is 1.24. The highest BCUT2D eigenvalue weighted by Crippen LogP contribution is 2.35. The summed E-state index contributed by atoms with van der Waals surface area (Å²) in [7, 11) is 3.81. The minimum Gasteiger partial charge on any atom is -0.497 e. The lowest BCUT2D eigenvalue weighted by molar-refractivity contribution is 0.101. The maximum Gasteiger partial charge on any atom is 0.319 e. The van der Waals surface area contributed by atoms with Crippen molar-refractivity contribution in [3.05, 3.63) is 59.5 Å². The lowest BCUT2D eigenvalue weighted by atomic mass is 10.1. The molecule has 3 heterocycles. The van der Waals surface area contributed by atoms with E-state index in [-0.39, 0.29) is 17.6 Å². The van der Waals surface area contributed by atoms with Crippen LogP contribution in [0.3, 0.4) is 0 Å². The number of nitrogens with two attached hydrogens (primary N) is 1. The van der Waals surface area contributed by atoms with E-state index in [4.69, 9.17) is 15.2 Å². The highest BCUT2D eigenvalue weighted by Gasteiger charge is 2.28. The van der Waals surface area contributed by atoms with Crippen molar-refractivity contribution in [3.63, 3.8) is 0 Å². The third-order valence-corrected chi connectivity index (χ3v) is 7.25. The molecule has 0 atom stereocenters. The molecule has 2 aromatic carbocycles. The van der Waals surface area contributed by atoms with E-state index >= 15 is 0 Å². The molecule has 39 heavy (non-hydrogen) atoms. The zero-order valence-corrected chi connectivity index (χ0v) is 22.5. The van der Waals surface area contributed by atoms with Crippen LogP contribution in [0.1, 0.15) is 22.3 Å². The Morgan fingerprint density at radius 2 is 1.95 bits per heavy atom. The summed E-state index contributed by atoms with van der Waals surface area (Å²) >= 11 is 0. The van der Waals surface area contributed by atoms with Gasteiger partial charge in [-0.2, -0.15) is 0 Å². The van der Waals surface area contributed by atoms with Gasteiger partial charge in [0.2, 0.25) is 5.78 Å². The van der Waals surface area contributed by atoms with Gasteiger partial charge in [0, 0.05) is 74.2 Å². The summed E-state index contributed by atoms with van der Waals surface area (Å²) in [5.41, 5.74) is 8.36. The highest BCUT2D eigenvalue weighted by atomic mass is 16.5. The van der Waals surface area contributed by atoms with Gasteiger partial charge in [0.15, 0.2) is 5.76 Å². The molecule has 1 saturated heterocycles. The third kappa shape index (κ3) is 6.08. The molecule has 0 spiro atoms. The molecule has 5 rings (SSSR count). The Balaban J connectivity index is 1.36. The number of piperazine rings is 1. The van der Waals surface area contributed by atoms with Crippen LogP contribution in [0.5, 0.6) is 11.5 Å². The Morgan fingerprint density at radius 3 is 2.72 bits per heavy atom. The average Bonchev–Trinajstić information content (AvgIpc) is 3.44. The maximum atomic E-state index is 13.3. The molecular formula is C29H36N6O4. The van der Waals surface area contributed by atoms with Crippen LogP contribution in [0.4, 0.5) is 10.5 Å². The number of allylic oxidation sites excluding steroid dienone is 1. The average molecular weight is 533 g/mol. The molecular weight excluding hydrogens is 496 g/mol. The quantitative estimate of drug-likeness (QED) is 0.287. The normalized spacial score (nSPS) is 16.9. The van der Waals surface area contributed by atoms with E-state index in [0.717, 1.165) is 61.5 Å². The number of urea groups is 1. The Morgan fingerprint density at radius 1 is 1.13 bits per heavy atom. The molecule has 0 radical (unpaired) electrons. The van der Waals surface area contributed by atoms with Crippen molar-refractivity contribution in [1.82, 2.24) is 19.7 Å². The molecule has 206 valence electrons. The maximum absolute atomic E-state index is 13.3. The number of ether oxygens (including phenoxy) is 2. The number of nitrogens with zero attached hydrogens (tertiary/aromatic N) is 3. The summed E-state index contributed by atoms with van der Waals surface area (Å²) in [6.45, 7) is 7.07. The number of likely N-dealkylation sites (N-methyl/N-ethyl adjacent to an activating group) is 1. The zero-order chi connectivity index (χ0) is 27.4. The number of fused-ring (bicyclic) bond motifs is 2. The predicted molar refractivity (Wildman–Crippen MR) is 152 cm³/mol. The van der Waals surface area contributed by atoms with Gasteiger partial charge in [-0.25, -0.2) is 4.79 Å². The van der Waals surface area contributed by atoms with Crippen molar-refractivity contribution in [2.75, 3.05) is 65.3 Å². The Hall–Kier alpha value is -3.86. The number of hydrogen-bond donors (Lipinski definition) is 3. The van der Waals surface area contributed by atoms with E-state index < -0.39 is 0 Å². The van der Waals surface area contributed by atoms with Crippen LogP contribution >= 0.6 is 0 Å². The topological polar surface area (TPSA) is 114 Å². The molecule has 0 saturated carbocycles. The second kappa shape index (κ2) is 11.9. The Kier molecular flexibility index (Phi) is 8.16. The number of methoxy groups -OCH3 is 1. The van der Waals surface area contributed by atoms with Crippen LogP contribution in [0, 0.1) is 0 Å². The largest absolute Gasteiger partial charge is 0.497 e. The van der Waals surface area contributed by atoms with Crippen molar-refractivity contribution in [3.8, 4) is 11.5 Å². The van der Waals surface area contributed by atoms with Gasteiger partial charge >= 0.3 is 6.03 Å². The van der Waals surface area contributed by atoms with Gasteiger partial charge in [0.1, 0.15) is 11.5 Å². The van der Waals surface area contributed by atoms with Crippen molar-refractivity contribution in [2.24, 2.45) is 5.73 Å². The third-order valence-electron chi connectivity index (χ3n) is 7.25. The zero-order valence-electron chi connectivity index (χ0n) is 22.5. The molecule has 0 aliphatic carbocycles. The number of Topliss-reactive ketones (excluding diaryl/α,β-unsaturated/α-hetero) is 1. The number of ketones is 1.